The highest BCUT2D eigenvalue weighted by Gasteiger charge is 2.07. The Bertz CT molecular complexity index is 766. The van der Waals surface area contributed by atoms with E-state index in [1.54, 1.807) is 23.1 Å². The summed E-state index contributed by atoms with van der Waals surface area (Å²) in [7, 11) is 0. The van der Waals surface area contributed by atoms with Crippen molar-refractivity contribution in [3.05, 3.63) is 66.3 Å². The molecule has 0 unspecified atom stereocenters. The van der Waals surface area contributed by atoms with Gasteiger partial charge in [0, 0.05) is 18.3 Å². The van der Waals surface area contributed by atoms with Crippen molar-refractivity contribution in [2.24, 2.45) is 5.73 Å². The Kier molecular flexibility index (Phi) is 3.45. The van der Waals surface area contributed by atoms with Crippen molar-refractivity contribution in [3.8, 4) is 16.8 Å². The topological polar surface area (TPSA) is 56.7 Å². The number of nitrogens with zero attached hydrogens (tertiary/aromatic N) is 3. The fourth-order valence-corrected chi connectivity index (χ4v) is 2.05. The number of pyridine rings is 1. The van der Waals surface area contributed by atoms with Gasteiger partial charge in [0.15, 0.2) is 0 Å². The highest BCUT2D eigenvalue weighted by Crippen LogP contribution is 2.22. The van der Waals surface area contributed by atoms with Gasteiger partial charge >= 0.3 is 0 Å². The minimum absolute atomic E-state index is 0.265. The lowest BCUT2D eigenvalue weighted by Gasteiger charge is -2.02. The lowest BCUT2D eigenvalue weighted by molar-refractivity contribution is 0.582. The molecule has 2 N–H and O–H groups in total. The van der Waals surface area contributed by atoms with Crippen LogP contribution in [0.5, 0.6) is 0 Å². The Labute approximate surface area is 119 Å². The van der Waals surface area contributed by atoms with Crippen molar-refractivity contribution in [2.75, 3.05) is 0 Å². The van der Waals surface area contributed by atoms with Crippen LogP contribution in [0, 0.1) is 11.8 Å². The molecule has 0 fully saturated rings. The molecule has 0 amide bonds. The SMILES string of the molecule is NCc1cc(F)cc(-c2cnn(-c3ccc(F)nc3)c2)c1. The average molecular weight is 286 g/mol. The van der Waals surface area contributed by atoms with Gasteiger partial charge in [-0.05, 0) is 41.5 Å². The second-order valence-electron chi connectivity index (χ2n) is 4.56. The van der Waals surface area contributed by atoms with Gasteiger partial charge in [-0.25, -0.2) is 14.1 Å². The molecule has 0 aliphatic carbocycles. The van der Waals surface area contributed by atoms with Gasteiger partial charge in [0.25, 0.3) is 0 Å². The molecule has 3 rings (SSSR count). The molecule has 0 aliphatic rings. The molecule has 2 heterocycles. The normalized spacial score (nSPS) is 10.8. The van der Waals surface area contributed by atoms with Gasteiger partial charge in [-0.1, -0.05) is 0 Å². The molecular formula is C15H12F2N4. The molecule has 2 aromatic heterocycles. The summed E-state index contributed by atoms with van der Waals surface area (Å²) >= 11 is 0. The number of hydrogen-bond acceptors (Lipinski definition) is 3. The van der Waals surface area contributed by atoms with E-state index in [9.17, 15) is 8.78 Å². The van der Waals surface area contributed by atoms with Gasteiger partial charge in [-0.15, -0.1) is 0 Å². The zero-order valence-electron chi connectivity index (χ0n) is 11.0. The molecule has 0 aliphatic heterocycles. The van der Waals surface area contributed by atoms with Crippen molar-refractivity contribution < 1.29 is 8.78 Å². The Morgan fingerprint density at radius 2 is 1.90 bits per heavy atom. The standard InChI is InChI=1S/C15H12F2N4/c16-13-4-10(6-18)3-11(5-13)12-7-20-21(9-12)14-1-2-15(17)19-8-14/h1-5,7-9H,6,18H2. The second kappa shape index (κ2) is 5.41. The summed E-state index contributed by atoms with van der Waals surface area (Å²) in [6, 6.07) is 7.45. The maximum absolute atomic E-state index is 13.5. The van der Waals surface area contributed by atoms with E-state index < -0.39 is 5.95 Å². The zero-order chi connectivity index (χ0) is 14.8. The van der Waals surface area contributed by atoms with Crippen molar-refractivity contribution in [2.45, 2.75) is 6.54 Å². The lowest BCUT2D eigenvalue weighted by Crippen LogP contribution is -1.97. The predicted molar refractivity (Wildman–Crippen MR) is 74.6 cm³/mol. The maximum Gasteiger partial charge on any atom is 0.212 e. The van der Waals surface area contributed by atoms with Gasteiger partial charge in [0.1, 0.15) is 5.82 Å². The molecule has 21 heavy (non-hydrogen) atoms. The summed E-state index contributed by atoms with van der Waals surface area (Å²) in [4.78, 5) is 3.57. The number of rotatable bonds is 3. The number of benzene rings is 1. The second-order valence-corrected chi connectivity index (χ2v) is 4.56. The third kappa shape index (κ3) is 2.80. The molecule has 0 bridgehead atoms. The Morgan fingerprint density at radius 3 is 2.62 bits per heavy atom. The smallest absolute Gasteiger partial charge is 0.212 e. The van der Waals surface area contributed by atoms with Gasteiger partial charge < -0.3 is 5.73 Å². The monoisotopic (exact) mass is 286 g/mol. The lowest BCUT2D eigenvalue weighted by atomic mass is 10.1. The molecule has 106 valence electrons. The molecular weight excluding hydrogens is 274 g/mol. The Hall–Kier alpha value is -2.60. The molecule has 0 atom stereocenters. The van der Waals surface area contributed by atoms with E-state index in [0.29, 0.717) is 16.8 Å². The Morgan fingerprint density at radius 1 is 1.05 bits per heavy atom. The van der Waals surface area contributed by atoms with Crippen molar-refractivity contribution in [3.63, 3.8) is 0 Å². The van der Waals surface area contributed by atoms with E-state index in [4.69, 9.17) is 5.73 Å². The van der Waals surface area contributed by atoms with Crippen LogP contribution in [0.4, 0.5) is 8.78 Å². The highest BCUT2D eigenvalue weighted by atomic mass is 19.1. The maximum atomic E-state index is 13.5. The molecule has 0 spiro atoms. The molecule has 0 radical (unpaired) electrons. The molecule has 1 aromatic carbocycles. The van der Waals surface area contributed by atoms with Crippen LogP contribution in [0.1, 0.15) is 5.56 Å². The van der Waals surface area contributed by atoms with Crippen LogP contribution in [-0.4, -0.2) is 14.8 Å². The highest BCUT2D eigenvalue weighted by molar-refractivity contribution is 5.63. The minimum atomic E-state index is -0.552. The predicted octanol–water partition coefficient (Wildman–Crippen LogP) is 2.67. The van der Waals surface area contributed by atoms with Crippen molar-refractivity contribution in [1.29, 1.82) is 0 Å². The van der Waals surface area contributed by atoms with E-state index in [-0.39, 0.29) is 12.4 Å². The molecule has 0 saturated heterocycles. The number of nitrogens with two attached hydrogens (primary N) is 1. The molecule has 0 saturated carbocycles. The fourth-order valence-electron chi connectivity index (χ4n) is 2.05. The summed E-state index contributed by atoms with van der Waals surface area (Å²) in [6.07, 6.45) is 4.71. The van der Waals surface area contributed by atoms with Gasteiger partial charge in [-0.2, -0.15) is 9.49 Å². The number of halogens is 2. The largest absolute Gasteiger partial charge is 0.326 e. The van der Waals surface area contributed by atoms with Crippen LogP contribution < -0.4 is 5.73 Å². The van der Waals surface area contributed by atoms with Crippen LogP contribution in [0.2, 0.25) is 0 Å². The summed E-state index contributed by atoms with van der Waals surface area (Å²) in [5, 5.41) is 4.18. The average Bonchev–Trinajstić information content (AvgIpc) is 2.97. The number of hydrogen-bond donors (Lipinski definition) is 1. The van der Waals surface area contributed by atoms with Gasteiger partial charge in [0.2, 0.25) is 5.95 Å². The summed E-state index contributed by atoms with van der Waals surface area (Å²) in [6.45, 7) is 0.265. The van der Waals surface area contributed by atoms with Crippen molar-refractivity contribution in [1.82, 2.24) is 14.8 Å². The van der Waals surface area contributed by atoms with Crippen LogP contribution in [0.15, 0.2) is 48.9 Å². The van der Waals surface area contributed by atoms with Gasteiger partial charge in [0.05, 0.1) is 18.1 Å². The summed E-state index contributed by atoms with van der Waals surface area (Å²) < 4.78 is 27.9. The first-order valence-electron chi connectivity index (χ1n) is 6.32. The van der Waals surface area contributed by atoms with Gasteiger partial charge in [-0.3, -0.25) is 0 Å². The van der Waals surface area contributed by atoms with E-state index in [1.807, 2.05) is 6.07 Å². The third-order valence-electron chi connectivity index (χ3n) is 3.09. The quantitative estimate of drug-likeness (QED) is 0.753. The first kappa shape index (κ1) is 13.4. The third-order valence-corrected chi connectivity index (χ3v) is 3.09. The fraction of sp³-hybridized carbons (Fsp3) is 0.0667. The zero-order valence-corrected chi connectivity index (χ0v) is 11.0. The molecule has 6 heteroatoms. The van der Waals surface area contributed by atoms with Crippen LogP contribution >= 0.6 is 0 Å². The minimum Gasteiger partial charge on any atom is -0.326 e. The molecule has 4 nitrogen and oxygen atoms in total. The van der Waals surface area contributed by atoms with E-state index in [1.165, 1.54) is 24.4 Å². The van der Waals surface area contributed by atoms with Crippen LogP contribution in [-0.2, 0) is 6.54 Å². The van der Waals surface area contributed by atoms with Crippen LogP contribution in [0.3, 0.4) is 0 Å². The van der Waals surface area contributed by atoms with E-state index >= 15 is 0 Å². The van der Waals surface area contributed by atoms with Crippen LogP contribution in [0.25, 0.3) is 16.8 Å². The number of aromatic nitrogens is 3. The van der Waals surface area contributed by atoms with E-state index in [2.05, 4.69) is 10.1 Å². The molecule has 3 aromatic rings. The first-order valence-corrected chi connectivity index (χ1v) is 6.32. The van der Waals surface area contributed by atoms with E-state index in [0.717, 1.165) is 5.56 Å². The first-order chi connectivity index (χ1) is 10.2. The summed E-state index contributed by atoms with van der Waals surface area (Å²) in [5.74, 6) is -0.895. The van der Waals surface area contributed by atoms with Crippen molar-refractivity contribution >= 4 is 0 Å². The Balaban J connectivity index is 1.98. The summed E-state index contributed by atoms with van der Waals surface area (Å²) in [5.41, 5.74) is 8.31.